The lowest BCUT2D eigenvalue weighted by Crippen LogP contribution is -2.11. The Morgan fingerprint density at radius 3 is 2.85 bits per heavy atom. The summed E-state index contributed by atoms with van der Waals surface area (Å²) in [6, 6.07) is 8.74. The molecule has 0 amide bonds. The van der Waals surface area contributed by atoms with Gasteiger partial charge in [0.25, 0.3) is 0 Å². The SMILES string of the molecule is CC(c1ccccn1)n1c(N)nc2cc(I)c(F)cc21. The number of nitrogens with zero attached hydrogens (tertiary/aromatic N) is 3. The summed E-state index contributed by atoms with van der Waals surface area (Å²) in [6.07, 6.45) is 1.73. The van der Waals surface area contributed by atoms with Gasteiger partial charge >= 0.3 is 0 Å². The normalized spacial score (nSPS) is 12.8. The minimum atomic E-state index is -0.271. The number of halogens is 2. The highest BCUT2D eigenvalue weighted by Crippen LogP contribution is 2.28. The van der Waals surface area contributed by atoms with E-state index >= 15 is 0 Å². The Bertz CT molecular complexity index is 770. The highest BCUT2D eigenvalue weighted by Gasteiger charge is 2.17. The second-order valence-electron chi connectivity index (χ2n) is 4.53. The van der Waals surface area contributed by atoms with Crippen molar-refractivity contribution in [2.24, 2.45) is 0 Å². The highest BCUT2D eigenvalue weighted by atomic mass is 127. The number of hydrogen-bond acceptors (Lipinski definition) is 3. The van der Waals surface area contributed by atoms with Gasteiger partial charge in [-0.3, -0.25) is 4.98 Å². The van der Waals surface area contributed by atoms with E-state index in [2.05, 4.69) is 9.97 Å². The predicted octanol–water partition coefficient (Wildman–Crippen LogP) is 3.37. The molecule has 1 aromatic carbocycles. The summed E-state index contributed by atoms with van der Waals surface area (Å²) in [6.45, 7) is 1.97. The van der Waals surface area contributed by atoms with Gasteiger partial charge in [-0.1, -0.05) is 6.07 Å². The molecule has 20 heavy (non-hydrogen) atoms. The number of nitrogens with two attached hydrogens (primary N) is 1. The lowest BCUT2D eigenvalue weighted by atomic mass is 10.2. The summed E-state index contributed by atoms with van der Waals surface area (Å²) in [5.74, 6) is 0.0898. The molecule has 0 aliphatic heterocycles. The minimum Gasteiger partial charge on any atom is -0.369 e. The maximum atomic E-state index is 13.8. The van der Waals surface area contributed by atoms with Gasteiger partial charge in [-0.25, -0.2) is 9.37 Å². The molecule has 0 fully saturated rings. The molecular formula is C14H12FIN4. The molecule has 102 valence electrons. The van der Waals surface area contributed by atoms with Crippen molar-refractivity contribution in [3.05, 3.63) is 51.6 Å². The third-order valence-corrected chi connectivity index (χ3v) is 4.09. The van der Waals surface area contributed by atoms with Crippen LogP contribution in [0.3, 0.4) is 0 Å². The zero-order valence-electron chi connectivity index (χ0n) is 10.7. The summed E-state index contributed by atoms with van der Waals surface area (Å²) in [5, 5.41) is 0. The van der Waals surface area contributed by atoms with Crippen LogP contribution in [0.4, 0.5) is 10.3 Å². The van der Waals surface area contributed by atoms with Crippen molar-refractivity contribution in [1.29, 1.82) is 0 Å². The average Bonchev–Trinajstić information content (AvgIpc) is 2.75. The Labute approximate surface area is 129 Å². The van der Waals surface area contributed by atoms with Crippen LogP contribution in [0.25, 0.3) is 11.0 Å². The summed E-state index contributed by atoms with van der Waals surface area (Å²) >= 11 is 1.94. The van der Waals surface area contributed by atoms with E-state index in [0.29, 0.717) is 20.6 Å². The number of imidazole rings is 1. The smallest absolute Gasteiger partial charge is 0.201 e. The first-order chi connectivity index (χ1) is 9.58. The van der Waals surface area contributed by atoms with Crippen LogP contribution in [-0.2, 0) is 0 Å². The Hall–Kier alpha value is -1.70. The summed E-state index contributed by atoms with van der Waals surface area (Å²) in [4.78, 5) is 8.63. The fraction of sp³-hybridized carbons (Fsp3) is 0.143. The van der Waals surface area contributed by atoms with Crippen molar-refractivity contribution in [2.75, 3.05) is 5.73 Å². The van der Waals surface area contributed by atoms with Gasteiger partial charge < -0.3 is 10.3 Å². The van der Waals surface area contributed by atoms with Crippen molar-refractivity contribution >= 4 is 39.6 Å². The van der Waals surface area contributed by atoms with Crippen molar-refractivity contribution < 1.29 is 4.39 Å². The van der Waals surface area contributed by atoms with Crippen LogP contribution < -0.4 is 5.73 Å². The molecule has 3 rings (SSSR count). The van der Waals surface area contributed by atoms with E-state index in [1.807, 2.05) is 47.7 Å². The van der Waals surface area contributed by atoms with Gasteiger partial charge in [0, 0.05) is 12.3 Å². The van der Waals surface area contributed by atoms with Crippen LogP contribution in [0.2, 0.25) is 0 Å². The summed E-state index contributed by atoms with van der Waals surface area (Å²) < 4.78 is 16.1. The van der Waals surface area contributed by atoms with E-state index in [1.165, 1.54) is 6.07 Å². The molecule has 0 aliphatic carbocycles. The van der Waals surface area contributed by atoms with Crippen LogP contribution in [0, 0.1) is 9.39 Å². The number of pyridine rings is 1. The maximum absolute atomic E-state index is 13.8. The molecular weight excluding hydrogens is 370 g/mol. The van der Waals surface area contributed by atoms with Crippen LogP contribution in [-0.4, -0.2) is 14.5 Å². The minimum absolute atomic E-state index is 0.110. The number of hydrogen-bond donors (Lipinski definition) is 1. The zero-order valence-corrected chi connectivity index (χ0v) is 12.9. The number of anilines is 1. The van der Waals surface area contributed by atoms with Crippen molar-refractivity contribution in [3.63, 3.8) is 0 Å². The molecule has 0 saturated heterocycles. The average molecular weight is 382 g/mol. The quantitative estimate of drug-likeness (QED) is 0.692. The third kappa shape index (κ3) is 2.13. The lowest BCUT2D eigenvalue weighted by molar-refractivity contribution is 0.616. The molecule has 2 N–H and O–H groups in total. The van der Waals surface area contributed by atoms with Gasteiger partial charge in [0.15, 0.2) is 0 Å². The standard InChI is InChI=1S/C14H12FIN4/c1-8(11-4-2-3-5-18-11)20-13-6-9(15)10(16)7-12(13)19-14(20)17/h2-8H,1H3,(H2,17,19). The monoisotopic (exact) mass is 382 g/mol. The Balaban J connectivity index is 2.21. The van der Waals surface area contributed by atoms with Gasteiger partial charge in [-0.15, -0.1) is 0 Å². The highest BCUT2D eigenvalue weighted by molar-refractivity contribution is 14.1. The van der Waals surface area contributed by atoms with Gasteiger partial charge in [-0.2, -0.15) is 0 Å². The van der Waals surface area contributed by atoms with Gasteiger partial charge in [-0.05, 0) is 47.7 Å². The Kier molecular flexibility index (Phi) is 3.33. The maximum Gasteiger partial charge on any atom is 0.201 e. The first-order valence-electron chi connectivity index (χ1n) is 6.11. The molecule has 6 heteroatoms. The van der Waals surface area contributed by atoms with Crippen LogP contribution in [0.1, 0.15) is 18.7 Å². The van der Waals surface area contributed by atoms with E-state index in [9.17, 15) is 4.39 Å². The van der Waals surface area contributed by atoms with E-state index in [4.69, 9.17) is 5.73 Å². The summed E-state index contributed by atoms with van der Waals surface area (Å²) in [7, 11) is 0. The molecule has 0 radical (unpaired) electrons. The fourth-order valence-electron chi connectivity index (χ4n) is 2.27. The second kappa shape index (κ2) is 5.01. The largest absolute Gasteiger partial charge is 0.369 e. The van der Waals surface area contributed by atoms with Crippen molar-refractivity contribution in [1.82, 2.24) is 14.5 Å². The van der Waals surface area contributed by atoms with Crippen molar-refractivity contribution in [2.45, 2.75) is 13.0 Å². The van der Waals surface area contributed by atoms with Gasteiger partial charge in [0.05, 0.1) is 26.3 Å². The second-order valence-corrected chi connectivity index (χ2v) is 5.69. The number of nitrogen functional groups attached to an aromatic ring is 1. The molecule has 0 spiro atoms. The molecule has 3 aromatic rings. The fourth-order valence-corrected chi connectivity index (χ4v) is 2.72. The van der Waals surface area contributed by atoms with E-state index in [-0.39, 0.29) is 11.9 Å². The zero-order chi connectivity index (χ0) is 14.3. The topological polar surface area (TPSA) is 56.7 Å². The molecule has 0 bridgehead atoms. The van der Waals surface area contributed by atoms with Crippen LogP contribution >= 0.6 is 22.6 Å². The molecule has 2 aromatic heterocycles. The number of rotatable bonds is 2. The lowest BCUT2D eigenvalue weighted by Gasteiger charge is -2.15. The Morgan fingerprint density at radius 1 is 1.35 bits per heavy atom. The summed E-state index contributed by atoms with van der Waals surface area (Å²) in [5.41, 5.74) is 8.22. The van der Waals surface area contributed by atoms with Crippen molar-refractivity contribution in [3.8, 4) is 0 Å². The predicted molar refractivity (Wildman–Crippen MR) is 84.9 cm³/mol. The van der Waals surface area contributed by atoms with Crippen LogP contribution in [0.15, 0.2) is 36.5 Å². The van der Waals surface area contributed by atoms with E-state index in [0.717, 1.165) is 5.69 Å². The van der Waals surface area contributed by atoms with Gasteiger partial charge in [0.2, 0.25) is 5.95 Å². The number of benzene rings is 1. The molecule has 0 saturated carbocycles. The first-order valence-corrected chi connectivity index (χ1v) is 7.19. The number of aromatic nitrogens is 3. The molecule has 0 aliphatic rings. The molecule has 1 atom stereocenters. The third-order valence-electron chi connectivity index (χ3n) is 3.26. The van der Waals surface area contributed by atoms with Crippen LogP contribution in [0.5, 0.6) is 0 Å². The Morgan fingerprint density at radius 2 is 2.15 bits per heavy atom. The van der Waals surface area contributed by atoms with E-state index < -0.39 is 0 Å². The molecule has 1 unspecified atom stereocenters. The van der Waals surface area contributed by atoms with Gasteiger partial charge in [0.1, 0.15) is 5.82 Å². The molecule has 4 nitrogen and oxygen atoms in total. The molecule has 2 heterocycles. The van der Waals surface area contributed by atoms with E-state index in [1.54, 1.807) is 16.8 Å². The first kappa shape index (κ1) is 13.3. The number of fused-ring (bicyclic) bond motifs is 1.